The lowest BCUT2D eigenvalue weighted by atomic mass is 10.1. The molecule has 22 heavy (non-hydrogen) atoms. The van der Waals surface area contributed by atoms with E-state index in [9.17, 15) is 9.90 Å². The highest BCUT2D eigenvalue weighted by molar-refractivity contribution is 5.87. The van der Waals surface area contributed by atoms with Crippen LogP contribution < -0.4 is 11.1 Å². The van der Waals surface area contributed by atoms with Crippen LogP contribution in [0.4, 0.5) is 0 Å². The summed E-state index contributed by atoms with van der Waals surface area (Å²) in [6.45, 7) is 3.30. The number of likely N-dealkylation sites (tertiary alicyclic amines) is 2. The van der Waals surface area contributed by atoms with Crippen LogP contribution in [0.15, 0.2) is 16.5 Å². The maximum atomic E-state index is 12.0. The quantitative estimate of drug-likeness (QED) is 0.703. The summed E-state index contributed by atoms with van der Waals surface area (Å²) in [4.78, 5) is 20.4. The van der Waals surface area contributed by atoms with E-state index in [1.807, 2.05) is 4.90 Å². The zero-order valence-corrected chi connectivity index (χ0v) is 12.9. The van der Waals surface area contributed by atoms with Gasteiger partial charge in [0.05, 0.1) is 11.9 Å². The smallest absolute Gasteiger partial charge is 0.369 e. The molecule has 0 saturated carbocycles. The van der Waals surface area contributed by atoms with E-state index in [0.29, 0.717) is 5.70 Å². The molecule has 0 aromatic carbocycles. The van der Waals surface area contributed by atoms with E-state index in [-0.39, 0.29) is 0 Å². The van der Waals surface area contributed by atoms with Gasteiger partial charge in [-0.25, -0.2) is 9.79 Å². The van der Waals surface area contributed by atoms with E-state index in [2.05, 4.69) is 15.2 Å². The first-order valence-corrected chi connectivity index (χ1v) is 8.20. The fourth-order valence-electron chi connectivity index (χ4n) is 3.49. The van der Waals surface area contributed by atoms with E-state index >= 15 is 0 Å². The molecular weight excluding hydrogens is 282 g/mol. The summed E-state index contributed by atoms with van der Waals surface area (Å²) in [5.41, 5.74) is 6.60. The van der Waals surface area contributed by atoms with Gasteiger partial charge in [-0.05, 0) is 32.1 Å². The second kappa shape index (κ2) is 6.16. The summed E-state index contributed by atoms with van der Waals surface area (Å²) in [5.74, 6) is -1.65. The molecule has 7 heteroatoms. The van der Waals surface area contributed by atoms with Crippen molar-refractivity contribution in [3.8, 4) is 0 Å². The van der Waals surface area contributed by atoms with Crippen LogP contribution >= 0.6 is 0 Å². The lowest BCUT2D eigenvalue weighted by Gasteiger charge is -2.45. The zero-order chi connectivity index (χ0) is 15.6. The van der Waals surface area contributed by atoms with Gasteiger partial charge in [-0.2, -0.15) is 0 Å². The van der Waals surface area contributed by atoms with Gasteiger partial charge in [0, 0.05) is 26.2 Å². The summed E-state index contributed by atoms with van der Waals surface area (Å²) >= 11 is 0. The number of aliphatic imine (C=N–C) groups is 1. The highest BCUT2D eigenvalue weighted by Gasteiger charge is 2.47. The third-order valence-electron chi connectivity index (χ3n) is 4.74. The first kappa shape index (κ1) is 15.1. The Balaban J connectivity index is 1.87. The summed E-state index contributed by atoms with van der Waals surface area (Å²) in [6, 6.07) is 0. The molecule has 0 amide bonds. The number of allylic oxidation sites excluding steroid dienone is 1. The first-order valence-electron chi connectivity index (χ1n) is 8.20. The van der Waals surface area contributed by atoms with Crippen molar-refractivity contribution in [2.45, 2.75) is 44.3 Å². The van der Waals surface area contributed by atoms with E-state index in [1.165, 1.54) is 12.6 Å². The van der Waals surface area contributed by atoms with Gasteiger partial charge in [0.2, 0.25) is 0 Å². The molecule has 0 radical (unpaired) electrons. The van der Waals surface area contributed by atoms with Gasteiger partial charge in [-0.3, -0.25) is 4.90 Å². The molecule has 2 saturated heterocycles. The Labute approximate surface area is 130 Å². The molecule has 0 aromatic rings. The molecule has 1 atom stereocenters. The number of nitrogens with two attached hydrogens (primary N) is 1. The summed E-state index contributed by atoms with van der Waals surface area (Å²) in [5, 5.41) is 13.0. The number of nitrogens with one attached hydrogen (secondary N) is 1. The van der Waals surface area contributed by atoms with Crippen LogP contribution in [0.5, 0.6) is 0 Å². The van der Waals surface area contributed by atoms with Crippen molar-refractivity contribution < 1.29 is 9.90 Å². The number of nitrogens with zero attached hydrogens (tertiary/aromatic N) is 3. The van der Waals surface area contributed by atoms with Gasteiger partial charge < -0.3 is 21.1 Å². The first-order chi connectivity index (χ1) is 10.6. The Morgan fingerprint density at radius 1 is 1.14 bits per heavy atom. The predicted molar refractivity (Wildman–Crippen MR) is 84.1 cm³/mol. The van der Waals surface area contributed by atoms with Gasteiger partial charge in [-0.1, -0.05) is 6.42 Å². The van der Waals surface area contributed by atoms with Crippen molar-refractivity contribution in [1.82, 2.24) is 15.1 Å². The van der Waals surface area contributed by atoms with Crippen molar-refractivity contribution in [3.05, 3.63) is 11.5 Å². The number of carbonyl (C=O) groups is 1. The maximum absolute atomic E-state index is 12.0. The topological polar surface area (TPSA) is 94.2 Å². The fraction of sp³-hybridized carbons (Fsp3) is 0.733. The lowest BCUT2D eigenvalue weighted by Crippen LogP contribution is -2.66. The Morgan fingerprint density at radius 2 is 1.73 bits per heavy atom. The Morgan fingerprint density at radius 3 is 2.32 bits per heavy atom. The van der Waals surface area contributed by atoms with Crippen LogP contribution in [0, 0.1) is 0 Å². The third-order valence-corrected chi connectivity index (χ3v) is 4.74. The normalized spacial score (nSPS) is 30.3. The van der Waals surface area contributed by atoms with Gasteiger partial charge in [0.15, 0.2) is 0 Å². The molecule has 3 aliphatic heterocycles. The minimum absolute atomic E-state index is 0.524. The van der Waals surface area contributed by atoms with Gasteiger partial charge in [-0.15, -0.1) is 0 Å². The summed E-state index contributed by atoms with van der Waals surface area (Å²) in [6.07, 6.45) is 8.11. The molecule has 7 nitrogen and oxygen atoms in total. The molecule has 0 spiro atoms. The number of carboxylic acid groups (broad SMARTS) is 1. The van der Waals surface area contributed by atoms with Crippen LogP contribution in [0.25, 0.3) is 0 Å². The van der Waals surface area contributed by atoms with Crippen molar-refractivity contribution >= 4 is 12.2 Å². The zero-order valence-electron chi connectivity index (χ0n) is 12.9. The highest BCUT2D eigenvalue weighted by Crippen LogP contribution is 2.26. The van der Waals surface area contributed by atoms with Gasteiger partial charge >= 0.3 is 5.97 Å². The molecule has 3 aliphatic rings. The summed E-state index contributed by atoms with van der Waals surface area (Å²) in [7, 11) is 0. The fourth-order valence-corrected chi connectivity index (χ4v) is 3.49. The monoisotopic (exact) mass is 307 g/mol. The van der Waals surface area contributed by atoms with Crippen molar-refractivity contribution in [3.63, 3.8) is 0 Å². The van der Waals surface area contributed by atoms with Crippen molar-refractivity contribution in [1.29, 1.82) is 0 Å². The van der Waals surface area contributed by atoms with Crippen molar-refractivity contribution in [2.24, 2.45) is 10.7 Å². The number of aliphatic carboxylic acids is 1. The molecule has 0 bridgehead atoms. The molecular formula is C15H25N5O2. The highest BCUT2D eigenvalue weighted by atomic mass is 16.4. The third kappa shape index (κ3) is 2.65. The van der Waals surface area contributed by atoms with E-state index in [0.717, 1.165) is 64.1 Å². The minimum Gasteiger partial charge on any atom is -0.477 e. The van der Waals surface area contributed by atoms with Crippen molar-refractivity contribution in [2.75, 3.05) is 26.2 Å². The number of rotatable bonds is 3. The number of carboxylic acids is 1. The average molecular weight is 307 g/mol. The second-order valence-corrected chi connectivity index (χ2v) is 6.26. The van der Waals surface area contributed by atoms with E-state index < -0.39 is 11.8 Å². The largest absolute Gasteiger partial charge is 0.477 e. The van der Waals surface area contributed by atoms with E-state index in [4.69, 9.17) is 5.73 Å². The molecule has 0 aromatic heterocycles. The van der Waals surface area contributed by atoms with Gasteiger partial charge in [0.25, 0.3) is 5.79 Å². The number of piperidine rings is 2. The molecule has 1 unspecified atom stereocenters. The molecule has 2 fully saturated rings. The minimum atomic E-state index is -1.41. The van der Waals surface area contributed by atoms with E-state index in [1.54, 1.807) is 0 Å². The summed E-state index contributed by atoms with van der Waals surface area (Å²) < 4.78 is 0. The predicted octanol–water partition coefficient (Wildman–Crippen LogP) is 0.498. The molecule has 4 N–H and O–H groups in total. The second-order valence-electron chi connectivity index (χ2n) is 6.26. The standard InChI is InChI=1S/C15H25N5O2/c16-12-11-17-15(14(21)22,20-9-5-2-6-10-20)18-13(12)19-7-3-1-4-8-19/h11,18H,1-10,16H2,(H,21,22). The maximum Gasteiger partial charge on any atom is 0.369 e. The Hall–Kier alpha value is -1.76. The number of hydrogen-bond donors (Lipinski definition) is 3. The molecule has 122 valence electrons. The van der Waals surface area contributed by atoms with Crippen LogP contribution in [0.2, 0.25) is 0 Å². The molecule has 0 aliphatic carbocycles. The molecule has 3 heterocycles. The number of hydrogen-bond acceptors (Lipinski definition) is 6. The Kier molecular flexibility index (Phi) is 4.24. The Bertz CT molecular complexity index is 492. The SMILES string of the molecule is NC1=C(N2CCCCC2)NC(C(=O)O)(N2CCCCC2)N=C1. The van der Waals surface area contributed by atoms with Crippen LogP contribution in [0.1, 0.15) is 38.5 Å². The average Bonchev–Trinajstić information content (AvgIpc) is 2.57. The van der Waals surface area contributed by atoms with Crippen LogP contribution in [-0.2, 0) is 4.79 Å². The van der Waals surface area contributed by atoms with Crippen LogP contribution in [-0.4, -0.2) is 59.1 Å². The van der Waals surface area contributed by atoms with Crippen LogP contribution in [0.3, 0.4) is 0 Å². The van der Waals surface area contributed by atoms with Gasteiger partial charge in [0.1, 0.15) is 5.82 Å². The lowest BCUT2D eigenvalue weighted by molar-refractivity contribution is -0.154. The molecule has 3 rings (SSSR count).